The summed E-state index contributed by atoms with van der Waals surface area (Å²) < 4.78 is 31.4. The van der Waals surface area contributed by atoms with Crippen molar-refractivity contribution in [3.8, 4) is 5.75 Å². The number of carbonyl (C=O) groups excluding carboxylic acids is 2. The minimum Gasteiger partial charge on any atom is -0.497 e. The lowest BCUT2D eigenvalue weighted by Gasteiger charge is -2.18. The third-order valence-electron chi connectivity index (χ3n) is 4.45. The Labute approximate surface area is 177 Å². The topological polar surface area (TPSA) is 105 Å². The van der Waals surface area contributed by atoms with Crippen LogP contribution < -0.4 is 15.4 Å². The van der Waals surface area contributed by atoms with Crippen LogP contribution in [0.15, 0.2) is 53.4 Å². The number of amides is 2. The first kappa shape index (κ1) is 23.4. The fourth-order valence-electron chi connectivity index (χ4n) is 2.80. The molecule has 30 heavy (non-hydrogen) atoms. The summed E-state index contributed by atoms with van der Waals surface area (Å²) in [6.45, 7) is 4.50. The Hall–Kier alpha value is -2.91. The van der Waals surface area contributed by atoms with Crippen molar-refractivity contribution in [2.45, 2.75) is 25.2 Å². The Kier molecular flexibility index (Phi) is 8.37. The van der Waals surface area contributed by atoms with Crippen molar-refractivity contribution in [3.63, 3.8) is 0 Å². The predicted molar refractivity (Wildman–Crippen MR) is 115 cm³/mol. The van der Waals surface area contributed by atoms with E-state index in [9.17, 15) is 18.0 Å². The first-order chi connectivity index (χ1) is 14.3. The Bertz CT molecular complexity index is 970. The molecule has 0 fully saturated rings. The minimum atomic E-state index is -3.54. The lowest BCUT2D eigenvalue weighted by atomic mass is 10.2. The van der Waals surface area contributed by atoms with Gasteiger partial charge in [0, 0.05) is 37.3 Å². The average molecular weight is 434 g/mol. The molecule has 2 aromatic carbocycles. The number of hydrogen-bond acceptors (Lipinski definition) is 5. The molecule has 0 radical (unpaired) electrons. The smallest absolute Gasteiger partial charge is 0.251 e. The van der Waals surface area contributed by atoms with Crippen molar-refractivity contribution < 1.29 is 22.7 Å². The number of carbonyl (C=O) groups is 2. The number of hydrogen-bond donors (Lipinski definition) is 2. The van der Waals surface area contributed by atoms with E-state index in [1.54, 1.807) is 50.2 Å². The van der Waals surface area contributed by atoms with E-state index in [1.165, 1.54) is 23.5 Å². The van der Waals surface area contributed by atoms with Gasteiger partial charge in [-0.05, 0) is 42.5 Å². The summed E-state index contributed by atoms with van der Waals surface area (Å²) in [5, 5.41) is 5.37. The summed E-state index contributed by atoms with van der Waals surface area (Å²) in [5.74, 6) is -0.0141. The van der Waals surface area contributed by atoms with Gasteiger partial charge in [0.1, 0.15) is 5.75 Å². The highest BCUT2D eigenvalue weighted by Gasteiger charge is 2.21. The van der Waals surface area contributed by atoms with Crippen LogP contribution in [-0.4, -0.2) is 51.3 Å². The van der Waals surface area contributed by atoms with Gasteiger partial charge in [-0.15, -0.1) is 0 Å². The molecule has 0 aliphatic heterocycles. The molecule has 0 saturated carbocycles. The molecule has 0 aromatic heterocycles. The first-order valence-corrected chi connectivity index (χ1v) is 11.1. The molecule has 0 unspecified atom stereocenters. The summed E-state index contributed by atoms with van der Waals surface area (Å²) in [7, 11) is -2.02. The van der Waals surface area contributed by atoms with Crippen LogP contribution in [0.2, 0.25) is 0 Å². The molecule has 8 nitrogen and oxygen atoms in total. The lowest BCUT2D eigenvalue weighted by Crippen LogP contribution is -2.30. The average Bonchev–Trinajstić information content (AvgIpc) is 2.74. The molecule has 2 aromatic rings. The standard InChI is InChI=1S/C21H27N3O5S/c1-4-24(5-2)30(27,28)19-11-9-17(10-12-19)23-20(25)13-14-22-21(26)16-7-6-8-18(15-16)29-3/h6-12,15H,4-5,13-14H2,1-3H3,(H,22,26)(H,23,25). The molecule has 9 heteroatoms. The Morgan fingerprint density at radius 3 is 2.30 bits per heavy atom. The molecule has 0 aliphatic carbocycles. The number of sulfonamides is 1. The number of anilines is 1. The highest BCUT2D eigenvalue weighted by molar-refractivity contribution is 7.89. The maximum absolute atomic E-state index is 12.5. The van der Waals surface area contributed by atoms with Gasteiger partial charge < -0.3 is 15.4 Å². The van der Waals surface area contributed by atoms with Crippen LogP contribution in [0.1, 0.15) is 30.6 Å². The molecule has 2 N–H and O–H groups in total. The van der Waals surface area contributed by atoms with Gasteiger partial charge in [-0.2, -0.15) is 4.31 Å². The van der Waals surface area contributed by atoms with Gasteiger partial charge in [0.15, 0.2) is 0 Å². The van der Waals surface area contributed by atoms with Crippen molar-refractivity contribution in [1.29, 1.82) is 0 Å². The molecule has 2 amide bonds. The number of rotatable bonds is 10. The van der Waals surface area contributed by atoms with Crippen LogP contribution in [0.4, 0.5) is 5.69 Å². The molecule has 0 saturated heterocycles. The summed E-state index contributed by atoms with van der Waals surface area (Å²) in [6, 6.07) is 12.7. The van der Waals surface area contributed by atoms with Crippen molar-refractivity contribution in [2.24, 2.45) is 0 Å². The third kappa shape index (κ3) is 6.04. The molecular weight excluding hydrogens is 406 g/mol. The highest BCUT2D eigenvalue weighted by atomic mass is 32.2. The Morgan fingerprint density at radius 1 is 1.03 bits per heavy atom. The van der Waals surface area contributed by atoms with Crippen LogP contribution in [0, 0.1) is 0 Å². The largest absolute Gasteiger partial charge is 0.497 e. The zero-order valence-electron chi connectivity index (χ0n) is 17.3. The van der Waals surface area contributed by atoms with E-state index in [1.807, 2.05) is 0 Å². The van der Waals surface area contributed by atoms with Gasteiger partial charge in [-0.3, -0.25) is 9.59 Å². The maximum atomic E-state index is 12.5. The summed E-state index contributed by atoms with van der Waals surface area (Å²) >= 11 is 0. The fraction of sp³-hybridized carbons (Fsp3) is 0.333. The van der Waals surface area contributed by atoms with E-state index >= 15 is 0 Å². The van der Waals surface area contributed by atoms with Crippen molar-refractivity contribution >= 4 is 27.5 Å². The minimum absolute atomic E-state index is 0.0786. The molecule has 2 rings (SSSR count). The highest BCUT2D eigenvalue weighted by Crippen LogP contribution is 2.18. The van der Waals surface area contributed by atoms with Crippen LogP contribution in [0.5, 0.6) is 5.75 Å². The predicted octanol–water partition coefficient (Wildman–Crippen LogP) is 2.48. The van der Waals surface area contributed by atoms with Gasteiger partial charge in [-0.1, -0.05) is 19.9 Å². The normalized spacial score (nSPS) is 11.2. The second-order valence-corrected chi connectivity index (χ2v) is 8.34. The van der Waals surface area contributed by atoms with Gasteiger partial charge in [0.2, 0.25) is 15.9 Å². The number of benzene rings is 2. The van der Waals surface area contributed by atoms with Crippen LogP contribution in [-0.2, 0) is 14.8 Å². The fourth-order valence-corrected chi connectivity index (χ4v) is 4.26. The SMILES string of the molecule is CCN(CC)S(=O)(=O)c1ccc(NC(=O)CCNC(=O)c2cccc(OC)c2)cc1. The van der Waals surface area contributed by atoms with E-state index in [2.05, 4.69) is 10.6 Å². The zero-order valence-corrected chi connectivity index (χ0v) is 18.2. The molecule has 0 atom stereocenters. The number of methoxy groups -OCH3 is 1. The van der Waals surface area contributed by atoms with Crippen LogP contribution >= 0.6 is 0 Å². The Balaban J connectivity index is 1.87. The molecular formula is C21H27N3O5S. The van der Waals surface area contributed by atoms with E-state index < -0.39 is 10.0 Å². The molecule has 162 valence electrons. The van der Waals surface area contributed by atoms with E-state index in [0.29, 0.717) is 30.1 Å². The van der Waals surface area contributed by atoms with Crippen molar-refractivity contribution in [3.05, 3.63) is 54.1 Å². The Morgan fingerprint density at radius 2 is 1.70 bits per heavy atom. The second-order valence-electron chi connectivity index (χ2n) is 6.40. The van der Waals surface area contributed by atoms with E-state index in [0.717, 1.165) is 0 Å². The van der Waals surface area contributed by atoms with Crippen molar-refractivity contribution in [2.75, 3.05) is 32.1 Å². The summed E-state index contributed by atoms with van der Waals surface area (Å²) in [5.41, 5.74) is 0.928. The van der Waals surface area contributed by atoms with Crippen molar-refractivity contribution in [1.82, 2.24) is 9.62 Å². The van der Waals surface area contributed by atoms with Gasteiger partial charge in [0.25, 0.3) is 5.91 Å². The number of nitrogens with one attached hydrogen (secondary N) is 2. The van der Waals surface area contributed by atoms with Gasteiger partial charge >= 0.3 is 0 Å². The van der Waals surface area contributed by atoms with Gasteiger partial charge in [0.05, 0.1) is 12.0 Å². The summed E-state index contributed by atoms with van der Waals surface area (Å²) in [4.78, 5) is 24.4. The quantitative estimate of drug-likeness (QED) is 0.599. The summed E-state index contributed by atoms with van der Waals surface area (Å²) in [6.07, 6.45) is 0.0786. The monoisotopic (exact) mass is 433 g/mol. The molecule has 0 heterocycles. The van der Waals surface area contributed by atoms with E-state index in [4.69, 9.17) is 4.74 Å². The van der Waals surface area contributed by atoms with E-state index in [-0.39, 0.29) is 29.7 Å². The molecule has 0 bridgehead atoms. The van der Waals surface area contributed by atoms with Crippen LogP contribution in [0.3, 0.4) is 0 Å². The molecule has 0 aliphatic rings. The molecule has 0 spiro atoms. The number of ether oxygens (including phenoxy) is 1. The van der Waals surface area contributed by atoms with Crippen LogP contribution in [0.25, 0.3) is 0 Å². The second kappa shape index (κ2) is 10.7. The zero-order chi connectivity index (χ0) is 22.1. The van der Waals surface area contributed by atoms with Gasteiger partial charge in [-0.25, -0.2) is 8.42 Å². The third-order valence-corrected chi connectivity index (χ3v) is 6.51. The number of nitrogens with zero attached hydrogens (tertiary/aromatic N) is 1. The maximum Gasteiger partial charge on any atom is 0.251 e. The lowest BCUT2D eigenvalue weighted by molar-refractivity contribution is -0.116. The first-order valence-electron chi connectivity index (χ1n) is 9.64.